The number of nitrogens with one attached hydrogen (secondary N) is 2. The first-order valence-corrected chi connectivity index (χ1v) is 5.24. The van der Waals surface area contributed by atoms with Crippen LogP contribution in [0.5, 0.6) is 0 Å². The van der Waals surface area contributed by atoms with Crippen LogP contribution in [-0.2, 0) is 4.79 Å². The van der Waals surface area contributed by atoms with Gasteiger partial charge in [0.05, 0.1) is 12.1 Å². The van der Waals surface area contributed by atoms with Crippen LogP contribution in [0, 0.1) is 5.41 Å². The first kappa shape index (κ1) is 12.4. The van der Waals surface area contributed by atoms with Crippen molar-refractivity contribution in [1.29, 1.82) is 0 Å². The van der Waals surface area contributed by atoms with Crippen LogP contribution in [0.3, 0.4) is 0 Å². The lowest BCUT2D eigenvalue weighted by Crippen LogP contribution is -2.44. The van der Waals surface area contributed by atoms with Gasteiger partial charge in [0.15, 0.2) is 0 Å². The van der Waals surface area contributed by atoms with Crippen LogP contribution in [0.15, 0.2) is 0 Å². The number of aliphatic hydroxyl groups is 2. The second-order valence-electron chi connectivity index (χ2n) is 4.89. The number of carbonyl (C=O) groups is 1. The fourth-order valence-corrected chi connectivity index (χ4v) is 1.42. The Balaban J connectivity index is 2.30. The highest BCUT2D eigenvalue weighted by atomic mass is 16.3. The molecule has 2 atom stereocenters. The first-order chi connectivity index (χ1) is 6.94. The van der Waals surface area contributed by atoms with E-state index in [0.717, 1.165) is 0 Å². The molecule has 1 aliphatic rings. The van der Waals surface area contributed by atoms with Crippen LogP contribution in [0.4, 0.5) is 0 Å². The summed E-state index contributed by atoms with van der Waals surface area (Å²) in [6.07, 6.45) is 0.0392. The molecule has 1 fully saturated rings. The standard InChI is InChI=1S/C10H20N2O3/c1-10(2,6-13)5-12-9(15)8-3-7(14)4-11-8/h7-8,11,13-14H,3-6H2,1-2H3,(H,12,15). The summed E-state index contributed by atoms with van der Waals surface area (Å²) in [4.78, 5) is 11.6. The van der Waals surface area contributed by atoms with Gasteiger partial charge in [-0.25, -0.2) is 0 Å². The zero-order chi connectivity index (χ0) is 11.5. The first-order valence-electron chi connectivity index (χ1n) is 5.24. The van der Waals surface area contributed by atoms with Crippen molar-refractivity contribution in [3.8, 4) is 0 Å². The van der Waals surface area contributed by atoms with E-state index in [0.29, 0.717) is 19.5 Å². The van der Waals surface area contributed by atoms with E-state index in [1.54, 1.807) is 0 Å². The monoisotopic (exact) mass is 216 g/mol. The van der Waals surface area contributed by atoms with Crippen LogP contribution in [0.1, 0.15) is 20.3 Å². The van der Waals surface area contributed by atoms with E-state index in [4.69, 9.17) is 5.11 Å². The molecule has 0 aromatic carbocycles. The van der Waals surface area contributed by atoms with Crippen LogP contribution in [0.25, 0.3) is 0 Å². The number of β-amino-alcohol motifs (C(OH)–C–C–N with tert-alkyl or cyclic N) is 1. The van der Waals surface area contributed by atoms with Gasteiger partial charge in [0, 0.05) is 25.1 Å². The smallest absolute Gasteiger partial charge is 0.237 e. The second kappa shape index (κ2) is 4.92. The summed E-state index contributed by atoms with van der Waals surface area (Å²) >= 11 is 0. The van der Waals surface area contributed by atoms with E-state index in [1.165, 1.54) is 0 Å². The Labute approximate surface area is 89.9 Å². The van der Waals surface area contributed by atoms with Crippen molar-refractivity contribution >= 4 is 5.91 Å². The number of hydrogen-bond donors (Lipinski definition) is 4. The van der Waals surface area contributed by atoms with Crippen molar-refractivity contribution in [3.63, 3.8) is 0 Å². The Hall–Kier alpha value is -0.650. The summed E-state index contributed by atoms with van der Waals surface area (Å²) in [5.74, 6) is -0.104. The van der Waals surface area contributed by atoms with E-state index in [2.05, 4.69) is 10.6 Å². The topological polar surface area (TPSA) is 81.6 Å². The number of aliphatic hydroxyl groups excluding tert-OH is 2. The highest BCUT2D eigenvalue weighted by Crippen LogP contribution is 2.12. The quantitative estimate of drug-likeness (QED) is 0.478. The van der Waals surface area contributed by atoms with E-state index in [-0.39, 0.29) is 24.0 Å². The molecule has 1 saturated heterocycles. The van der Waals surface area contributed by atoms with Crippen molar-refractivity contribution in [2.45, 2.75) is 32.4 Å². The largest absolute Gasteiger partial charge is 0.396 e. The van der Waals surface area contributed by atoms with E-state index in [9.17, 15) is 9.90 Å². The number of carbonyl (C=O) groups excluding carboxylic acids is 1. The zero-order valence-corrected chi connectivity index (χ0v) is 9.29. The average molecular weight is 216 g/mol. The average Bonchev–Trinajstić information content (AvgIpc) is 2.61. The third-order valence-corrected chi connectivity index (χ3v) is 2.59. The van der Waals surface area contributed by atoms with Gasteiger partial charge < -0.3 is 20.8 Å². The molecule has 2 unspecified atom stereocenters. The molecule has 1 aliphatic heterocycles. The Morgan fingerprint density at radius 3 is 2.73 bits per heavy atom. The van der Waals surface area contributed by atoms with Gasteiger partial charge in [-0.05, 0) is 6.42 Å². The molecule has 0 aromatic rings. The molecule has 0 bridgehead atoms. The molecule has 0 radical (unpaired) electrons. The van der Waals surface area contributed by atoms with Crippen LogP contribution < -0.4 is 10.6 Å². The number of rotatable bonds is 4. The minimum absolute atomic E-state index is 0.0357. The maximum Gasteiger partial charge on any atom is 0.237 e. The van der Waals surface area contributed by atoms with Crippen molar-refractivity contribution in [2.24, 2.45) is 5.41 Å². The van der Waals surface area contributed by atoms with Crippen molar-refractivity contribution in [3.05, 3.63) is 0 Å². The minimum atomic E-state index is -0.424. The molecule has 1 heterocycles. The van der Waals surface area contributed by atoms with Gasteiger partial charge >= 0.3 is 0 Å². The third kappa shape index (κ3) is 3.77. The fraction of sp³-hybridized carbons (Fsp3) is 0.900. The number of amides is 1. The summed E-state index contributed by atoms with van der Waals surface area (Å²) in [5, 5.41) is 23.9. The second-order valence-corrected chi connectivity index (χ2v) is 4.89. The minimum Gasteiger partial charge on any atom is -0.396 e. The maximum atomic E-state index is 11.6. The highest BCUT2D eigenvalue weighted by Gasteiger charge is 2.28. The summed E-state index contributed by atoms with van der Waals surface area (Å²) in [5.41, 5.74) is -0.299. The predicted octanol–water partition coefficient (Wildman–Crippen LogP) is -1.16. The maximum absolute atomic E-state index is 11.6. The van der Waals surface area contributed by atoms with Crippen LogP contribution in [-0.4, -0.2) is 48.0 Å². The lowest BCUT2D eigenvalue weighted by Gasteiger charge is -2.23. The van der Waals surface area contributed by atoms with Gasteiger partial charge in [0.25, 0.3) is 0 Å². The Kier molecular flexibility index (Phi) is 4.07. The predicted molar refractivity (Wildman–Crippen MR) is 56.3 cm³/mol. The van der Waals surface area contributed by atoms with Crippen molar-refractivity contribution in [1.82, 2.24) is 10.6 Å². The number of hydrogen-bond acceptors (Lipinski definition) is 4. The normalized spacial score (nSPS) is 26.7. The highest BCUT2D eigenvalue weighted by molar-refractivity contribution is 5.82. The summed E-state index contributed by atoms with van der Waals surface area (Å²) < 4.78 is 0. The molecule has 0 spiro atoms. The Morgan fingerprint density at radius 1 is 1.60 bits per heavy atom. The van der Waals surface area contributed by atoms with Gasteiger partial charge in [-0.3, -0.25) is 4.79 Å². The summed E-state index contributed by atoms with van der Waals surface area (Å²) in [7, 11) is 0. The molecular weight excluding hydrogens is 196 g/mol. The van der Waals surface area contributed by atoms with E-state index < -0.39 is 6.10 Å². The lowest BCUT2D eigenvalue weighted by molar-refractivity contribution is -0.123. The van der Waals surface area contributed by atoms with Crippen LogP contribution >= 0.6 is 0 Å². The summed E-state index contributed by atoms with van der Waals surface area (Å²) in [6, 6.07) is -0.297. The molecule has 1 rings (SSSR count). The van der Waals surface area contributed by atoms with Gasteiger partial charge in [-0.1, -0.05) is 13.8 Å². The zero-order valence-electron chi connectivity index (χ0n) is 9.29. The lowest BCUT2D eigenvalue weighted by atomic mass is 9.95. The molecule has 15 heavy (non-hydrogen) atoms. The molecule has 5 heteroatoms. The Morgan fingerprint density at radius 2 is 2.27 bits per heavy atom. The molecular formula is C10H20N2O3. The van der Waals surface area contributed by atoms with E-state index in [1.807, 2.05) is 13.8 Å². The van der Waals surface area contributed by atoms with Gasteiger partial charge in [0.2, 0.25) is 5.91 Å². The molecule has 88 valence electrons. The Bertz CT molecular complexity index is 231. The third-order valence-electron chi connectivity index (χ3n) is 2.59. The van der Waals surface area contributed by atoms with Gasteiger partial charge in [-0.15, -0.1) is 0 Å². The molecule has 0 saturated carbocycles. The molecule has 5 nitrogen and oxygen atoms in total. The molecule has 0 aromatic heterocycles. The van der Waals surface area contributed by atoms with Gasteiger partial charge in [-0.2, -0.15) is 0 Å². The fourth-order valence-electron chi connectivity index (χ4n) is 1.42. The van der Waals surface area contributed by atoms with E-state index >= 15 is 0 Å². The summed E-state index contributed by atoms with van der Waals surface area (Å²) in [6.45, 7) is 4.71. The SMILES string of the molecule is CC(C)(CO)CNC(=O)C1CC(O)CN1. The van der Waals surface area contributed by atoms with Crippen molar-refractivity contribution < 1.29 is 15.0 Å². The molecule has 4 N–H and O–H groups in total. The molecule has 1 amide bonds. The van der Waals surface area contributed by atoms with Crippen molar-refractivity contribution in [2.75, 3.05) is 19.7 Å². The van der Waals surface area contributed by atoms with Gasteiger partial charge in [0.1, 0.15) is 0 Å². The van der Waals surface area contributed by atoms with Crippen LogP contribution in [0.2, 0.25) is 0 Å². The molecule has 0 aliphatic carbocycles.